The summed E-state index contributed by atoms with van der Waals surface area (Å²) < 4.78 is 256. The number of aliphatic hydroxyl groups is 1. The topological polar surface area (TPSA) is 74.2 Å². The van der Waals surface area contributed by atoms with E-state index in [2.05, 4.69) is 0 Å². The van der Waals surface area contributed by atoms with E-state index in [9.17, 15) is 84.5 Å². The highest BCUT2D eigenvalue weighted by atomic mass is 28.4. The second-order valence-corrected chi connectivity index (χ2v) is 18.7. The smallest absolute Gasteiger partial charge is 0.460 e. The number of hydrogen-bond donors (Lipinski definition) is 1. The number of carbonyl (C=O) groups is 1. The van der Waals surface area contributed by atoms with Gasteiger partial charge in [0.25, 0.3) is 0 Å². The molecule has 338 valence electrons. The number of halogens is 17. The van der Waals surface area contributed by atoms with Crippen molar-refractivity contribution in [1.82, 2.24) is 0 Å². The molecule has 1 aromatic rings. The Morgan fingerprint density at radius 3 is 1.59 bits per heavy atom. The van der Waals surface area contributed by atoms with Gasteiger partial charge in [-0.05, 0) is 55.1 Å². The molecule has 0 aromatic heterocycles. The first-order valence-electron chi connectivity index (χ1n) is 17.1. The summed E-state index contributed by atoms with van der Waals surface area (Å²) in [6, 6.07) is 4.30. The average Bonchev–Trinajstić information content (AvgIpc) is 3.10. The number of hydrogen-bond acceptors (Lipinski definition) is 6. The third kappa shape index (κ3) is 10.2. The minimum absolute atomic E-state index is 0.107. The number of rotatable bonds is 23. The van der Waals surface area contributed by atoms with Crippen LogP contribution in [0.2, 0.25) is 17.1 Å². The fourth-order valence-electron chi connectivity index (χ4n) is 5.70. The van der Waals surface area contributed by atoms with Crippen LogP contribution in [-0.2, 0) is 18.7 Å². The van der Waals surface area contributed by atoms with E-state index in [0.29, 0.717) is 5.56 Å². The lowest BCUT2D eigenvalue weighted by atomic mass is 9.88. The highest BCUT2D eigenvalue weighted by Crippen LogP contribution is 2.64. The molecule has 24 heteroatoms. The van der Waals surface area contributed by atoms with Crippen molar-refractivity contribution in [3.8, 4) is 5.75 Å². The average molecular weight is 899 g/mol. The van der Waals surface area contributed by atoms with Crippen molar-refractivity contribution in [1.29, 1.82) is 0 Å². The molecule has 58 heavy (non-hydrogen) atoms. The lowest BCUT2D eigenvalue weighted by molar-refractivity contribution is -0.461. The maximum Gasteiger partial charge on any atom is 0.460 e. The van der Waals surface area contributed by atoms with E-state index in [1.165, 1.54) is 72.1 Å². The highest BCUT2D eigenvalue weighted by molar-refractivity contribution is 6.76. The number of aliphatic hydroxyl groups excluding tert-OH is 1. The summed E-state index contributed by atoms with van der Waals surface area (Å²) in [5, 5.41) is 10.8. The van der Waals surface area contributed by atoms with Gasteiger partial charge < -0.3 is 23.7 Å². The van der Waals surface area contributed by atoms with Gasteiger partial charge in [0.2, 0.25) is 0 Å². The zero-order valence-corrected chi connectivity index (χ0v) is 32.9. The van der Waals surface area contributed by atoms with Gasteiger partial charge in [-0.25, -0.2) is 4.79 Å². The zero-order chi connectivity index (χ0) is 45.7. The van der Waals surface area contributed by atoms with E-state index in [0.717, 1.165) is 0 Å². The largest absolute Gasteiger partial charge is 0.491 e. The van der Waals surface area contributed by atoms with Crippen LogP contribution in [0.15, 0.2) is 35.9 Å². The lowest BCUT2D eigenvalue weighted by Crippen LogP contribution is -2.74. The predicted molar refractivity (Wildman–Crippen MR) is 175 cm³/mol. The minimum atomic E-state index is -8.69. The van der Waals surface area contributed by atoms with Gasteiger partial charge in [0.15, 0.2) is 8.32 Å². The zero-order valence-electron chi connectivity index (χ0n) is 31.9. The molecule has 0 aliphatic rings. The number of alkyl halides is 17. The standard InChI is InChI=1S/C34H43F17O6Si/c1-8-55-26(53)21(6)9-14-24(54-7)25(52)22-10-12-23(13-11-22)56-16-17-57-58(19(2)3,20(4)5)18-15-27(35,36)28(37,38)29(39,40)30(41,42)31(43,44)32(45,46)33(47,48)34(49,50)51/h9-13,19-20,24-25,52H,8,14-18H2,1-7H3/b21-9+/t24-,25-/m0/s1. The molecule has 0 saturated carbocycles. The Hall–Kier alpha value is -2.86. The van der Waals surface area contributed by atoms with E-state index >= 15 is 0 Å². The lowest BCUT2D eigenvalue weighted by Gasteiger charge is -2.44. The SMILES string of the molecule is CCOC(=O)/C(C)=C/C[C@H](OC)[C@@H](O)c1ccc(OCCO[Si](CCC(F)(F)C(F)(F)C(F)(F)C(F)(F)C(F)(F)C(F)(F)C(F)(F)C(F)(F)F)(C(C)C)C(C)C)cc1. The van der Waals surface area contributed by atoms with E-state index in [1.54, 1.807) is 6.92 Å². The molecular formula is C34H43F17O6Si. The Morgan fingerprint density at radius 1 is 0.724 bits per heavy atom. The van der Waals surface area contributed by atoms with Crippen molar-refractivity contribution in [2.45, 2.75) is 131 Å². The van der Waals surface area contributed by atoms with Crippen molar-refractivity contribution in [3.05, 3.63) is 41.5 Å². The van der Waals surface area contributed by atoms with Gasteiger partial charge in [-0.15, -0.1) is 0 Å². The summed E-state index contributed by atoms with van der Waals surface area (Å²) in [4.78, 5) is 11.8. The van der Waals surface area contributed by atoms with Crippen molar-refractivity contribution in [2.24, 2.45) is 0 Å². The fraction of sp³-hybridized carbons (Fsp3) is 0.735. The molecule has 1 rings (SSSR count). The molecule has 0 saturated heterocycles. The highest BCUT2D eigenvalue weighted by Gasteiger charge is 2.95. The molecule has 1 aromatic carbocycles. The molecular weight excluding hydrogens is 855 g/mol. The van der Waals surface area contributed by atoms with Crippen molar-refractivity contribution < 1.29 is 103 Å². The number of carbonyl (C=O) groups excluding carboxylic acids is 1. The maximum atomic E-state index is 14.9. The Morgan fingerprint density at radius 2 is 1.17 bits per heavy atom. The monoisotopic (exact) mass is 898 g/mol. The van der Waals surface area contributed by atoms with Crippen LogP contribution in [0.25, 0.3) is 0 Å². The van der Waals surface area contributed by atoms with Crippen molar-refractivity contribution in [2.75, 3.05) is 26.9 Å². The van der Waals surface area contributed by atoms with Gasteiger partial charge in [0, 0.05) is 19.1 Å². The van der Waals surface area contributed by atoms with E-state index in [4.69, 9.17) is 18.6 Å². The Labute approximate surface area is 323 Å². The maximum absolute atomic E-state index is 14.9. The van der Waals surface area contributed by atoms with Crippen LogP contribution in [0, 0.1) is 0 Å². The molecule has 0 unspecified atom stereocenters. The van der Waals surface area contributed by atoms with Crippen LogP contribution in [0.3, 0.4) is 0 Å². The quantitative estimate of drug-likeness (QED) is 0.0388. The second-order valence-electron chi connectivity index (χ2n) is 13.7. The number of esters is 1. The number of benzene rings is 1. The molecule has 1 N–H and O–H groups in total. The molecule has 0 spiro atoms. The van der Waals surface area contributed by atoms with E-state index in [1.807, 2.05) is 0 Å². The molecule has 0 amide bonds. The Balaban J connectivity index is 3.21. The Kier molecular flexibility index (Phi) is 17.2. The van der Waals surface area contributed by atoms with Gasteiger partial charge in [0.05, 0.1) is 19.3 Å². The van der Waals surface area contributed by atoms with E-state index in [-0.39, 0.29) is 24.4 Å². The Bertz CT molecular complexity index is 1510. The van der Waals surface area contributed by atoms with Crippen LogP contribution >= 0.6 is 0 Å². The van der Waals surface area contributed by atoms with Gasteiger partial charge >= 0.3 is 53.6 Å². The molecule has 0 heterocycles. The summed E-state index contributed by atoms with van der Waals surface area (Å²) in [6.45, 7) is 7.66. The molecule has 0 aliphatic carbocycles. The van der Waals surface area contributed by atoms with Crippen LogP contribution in [0.5, 0.6) is 5.75 Å². The van der Waals surface area contributed by atoms with Crippen LogP contribution in [0.4, 0.5) is 74.6 Å². The van der Waals surface area contributed by atoms with E-state index < -0.39 is 111 Å². The summed E-state index contributed by atoms with van der Waals surface area (Å²) in [7, 11) is -2.64. The van der Waals surface area contributed by atoms with Crippen LogP contribution in [0.1, 0.15) is 66.1 Å². The molecule has 6 nitrogen and oxygen atoms in total. The van der Waals surface area contributed by atoms with Crippen LogP contribution < -0.4 is 4.74 Å². The van der Waals surface area contributed by atoms with Gasteiger partial charge in [-0.3, -0.25) is 0 Å². The second kappa shape index (κ2) is 18.8. The van der Waals surface area contributed by atoms with Gasteiger partial charge in [-0.1, -0.05) is 45.9 Å². The molecule has 0 bridgehead atoms. The first kappa shape index (κ1) is 53.2. The first-order chi connectivity index (χ1) is 26.0. The third-order valence-electron chi connectivity index (χ3n) is 9.42. The van der Waals surface area contributed by atoms with Crippen molar-refractivity contribution in [3.63, 3.8) is 0 Å². The molecule has 0 fully saturated rings. The van der Waals surface area contributed by atoms with Gasteiger partial charge in [0.1, 0.15) is 18.5 Å². The fourth-order valence-corrected chi connectivity index (χ4v) is 10.2. The predicted octanol–water partition coefficient (Wildman–Crippen LogP) is 11.2. The first-order valence-corrected chi connectivity index (χ1v) is 19.4. The normalized spacial score (nSPS) is 15.9. The summed E-state index contributed by atoms with van der Waals surface area (Å²) in [6.07, 6.45) is -10.8. The molecule has 2 atom stereocenters. The van der Waals surface area contributed by atoms with Gasteiger partial charge in [-0.2, -0.15) is 74.6 Å². The molecule has 0 radical (unpaired) electrons. The third-order valence-corrected chi connectivity index (χ3v) is 15.1. The summed E-state index contributed by atoms with van der Waals surface area (Å²) >= 11 is 0. The summed E-state index contributed by atoms with van der Waals surface area (Å²) in [5.74, 6) is -57.1. The number of methoxy groups -OCH3 is 1. The summed E-state index contributed by atoms with van der Waals surface area (Å²) in [5.41, 5.74) is -1.12. The molecule has 0 aliphatic heterocycles. The van der Waals surface area contributed by atoms with Crippen LogP contribution in [-0.4, -0.2) is 100 Å². The minimum Gasteiger partial charge on any atom is -0.491 e. The number of ether oxygens (including phenoxy) is 3. The van der Waals surface area contributed by atoms with Crippen molar-refractivity contribution >= 4 is 14.3 Å².